The maximum atomic E-state index is 11.2. The molecule has 0 bridgehead atoms. The Morgan fingerprint density at radius 1 is 1.27 bits per heavy atom. The third-order valence-corrected chi connectivity index (χ3v) is 3.47. The van der Waals surface area contributed by atoms with E-state index in [0.29, 0.717) is 32.1 Å². The molecule has 0 saturated heterocycles. The van der Waals surface area contributed by atoms with Crippen molar-refractivity contribution >= 4 is 10.0 Å². The SMILES string of the molecule is CCCS(=O)(=O)NCCOCCC(C)C. The van der Waals surface area contributed by atoms with Crippen molar-refractivity contribution in [2.75, 3.05) is 25.5 Å². The van der Waals surface area contributed by atoms with E-state index >= 15 is 0 Å². The van der Waals surface area contributed by atoms with Crippen LogP contribution in [-0.2, 0) is 14.8 Å². The third kappa shape index (κ3) is 10.2. The van der Waals surface area contributed by atoms with E-state index in [-0.39, 0.29) is 5.75 Å². The highest BCUT2D eigenvalue weighted by molar-refractivity contribution is 7.89. The number of nitrogens with one attached hydrogen (secondary N) is 1. The Balaban J connectivity index is 3.38. The largest absolute Gasteiger partial charge is 0.380 e. The van der Waals surface area contributed by atoms with Crippen LogP contribution in [0.3, 0.4) is 0 Å². The monoisotopic (exact) mass is 237 g/mol. The summed E-state index contributed by atoms with van der Waals surface area (Å²) in [5.41, 5.74) is 0. The minimum absolute atomic E-state index is 0.193. The molecule has 4 nitrogen and oxygen atoms in total. The van der Waals surface area contributed by atoms with Crippen molar-refractivity contribution in [1.29, 1.82) is 0 Å². The summed E-state index contributed by atoms with van der Waals surface area (Å²) in [5, 5.41) is 0. The molecule has 0 spiro atoms. The van der Waals surface area contributed by atoms with E-state index in [1.807, 2.05) is 6.92 Å². The Morgan fingerprint density at radius 2 is 1.93 bits per heavy atom. The number of hydrogen-bond acceptors (Lipinski definition) is 3. The van der Waals surface area contributed by atoms with Crippen molar-refractivity contribution in [2.45, 2.75) is 33.6 Å². The molecule has 0 rings (SSSR count). The number of ether oxygens (including phenoxy) is 1. The summed E-state index contributed by atoms with van der Waals surface area (Å²) in [6, 6.07) is 0. The van der Waals surface area contributed by atoms with Gasteiger partial charge in [-0.3, -0.25) is 0 Å². The Labute approximate surface area is 93.4 Å². The summed E-state index contributed by atoms with van der Waals surface area (Å²) in [7, 11) is -3.07. The Kier molecular flexibility index (Phi) is 8.00. The molecular formula is C10H23NO3S. The molecule has 92 valence electrons. The molecule has 0 atom stereocenters. The summed E-state index contributed by atoms with van der Waals surface area (Å²) >= 11 is 0. The van der Waals surface area contributed by atoms with Gasteiger partial charge in [0.2, 0.25) is 10.0 Å². The molecule has 0 aromatic carbocycles. The van der Waals surface area contributed by atoms with Crippen LogP contribution in [0, 0.1) is 5.92 Å². The van der Waals surface area contributed by atoms with Gasteiger partial charge >= 0.3 is 0 Å². The van der Waals surface area contributed by atoms with Crippen molar-refractivity contribution in [3.8, 4) is 0 Å². The lowest BCUT2D eigenvalue weighted by atomic mass is 10.1. The van der Waals surface area contributed by atoms with E-state index in [1.165, 1.54) is 0 Å². The quantitative estimate of drug-likeness (QED) is 0.616. The Morgan fingerprint density at radius 3 is 2.47 bits per heavy atom. The maximum Gasteiger partial charge on any atom is 0.211 e. The Bertz CT molecular complexity index is 237. The summed E-state index contributed by atoms with van der Waals surface area (Å²) in [5.74, 6) is 0.820. The van der Waals surface area contributed by atoms with E-state index in [9.17, 15) is 8.42 Å². The molecule has 0 aliphatic heterocycles. The van der Waals surface area contributed by atoms with Gasteiger partial charge in [0.25, 0.3) is 0 Å². The molecule has 5 heteroatoms. The lowest BCUT2D eigenvalue weighted by Crippen LogP contribution is -2.29. The molecule has 0 amide bonds. The van der Waals surface area contributed by atoms with Crippen LogP contribution in [0.15, 0.2) is 0 Å². The molecular weight excluding hydrogens is 214 g/mol. The van der Waals surface area contributed by atoms with Gasteiger partial charge in [0.15, 0.2) is 0 Å². The highest BCUT2D eigenvalue weighted by Gasteiger charge is 2.06. The summed E-state index contributed by atoms with van der Waals surface area (Å²) < 4.78 is 30.2. The molecule has 0 radical (unpaired) electrons. The smallest absolute Gasteiger partial charge is 0.211 e. The van der Waals surface area contributed by atoms with Crippen molar-refractivity contribution in [2.24, 2.45) is 5.92 Å². The first-order valence-corrected chi connectivity index (χ1v) is 7.18. The van der Waals surface area contributed by atoms with Gasteiger partial charge in [0.05, 0.1) is 12.4 Å². The highest BCUT2D eigenvalue weighted by Crippen LogP contribution is 1.98. The first-order valence-electron chi connectivity index (χ1n) is 5.53. The van der Waals surface area contributed by atoms with Crippen LogP contribution < -0.4 is 4.72 Å². The minimum atomic E-state index is -3.07. The zero-order valence-corrected chi connectivity index (χ0v) is 10.8. The van der Waals surface area contributed by atoms with Gasteiger partial charge in [0.1, 0.15) is 0 Å². The van der Waals surface area contributed by atoms with Crippen LogP contribution in [0.5, 0.6) is 0 Å². The lowest BCUT2D eigenvalue weighted by Gasteiger charge is -2.07. The Hall–Kier alpha value is -0.130. The minimum Gasteiger partial charge on any atom is -0.380 e. The predicted octanol–water partition coefficient (Wildman–Crippen LogP) is 1.38. The van der Waals surface area contributed by atoms with Gasteiger partial charge in [-0.1, -0.05) is 20.8 Å². The zero-order valence-electron chi connectivity index (χ0n) is 9.95. The topological polar surface area (TPSA) is 55.4 Å². The first kappa shape index (κ1) is 14.9. The first-order chi connectivity index (χ1) is 6.98. The second-order valence-corrected chi connectivity index (χ2v) is 5.93. The zero-order chi connectivity index (χ0) is 11.7. The average Bonchev–Trinajstić information content (AvgIpc) is 2.10. The molecule has 0 fully saturated rings. The molecule has 0 saturated carbocycles. The van der Waals surface area contributed by atoms with Gasteiger partial charge in [-0.2, -0.15) is 0 Å². The van der Waals surface area contributed by atoms with Crippen LogP contribution in [-0.4, -0.2) is 33.9 Å². The van der Waals surface area contributed by atoms with Crippen molar-refractivity contribution in [1.82, 2.24) is 4.72 Å². The van der Waals surface area contributed by atoms with Crippen LogP contribution in [0.4, 0.5) is 0 Å². The number of sulfonamides is 1. The molecule has 15 heavy (non-hydrogen) atoms. The summed E-state index contributed by atoms with van der Waals surface area (Å²) in [4.78, 5) is 0. The van der Waals surface area contributed by atoms with Gasteiger partial charge in [-0.25, -0.2) is 13.1 Å². The fourth-order valence-corrected chi connectivity index (χ4v) is 2.11. The standard InChI is InChI=1S/C10H23NO3S/c1-4-9-15(12,13)11-6-8-14-7-5-10(2)3/h10-11H,4-9H2,1-3H3. The van der Waals surface area contributed by atoms with E-state index in [2.05, 4.69) is 18.6 Å². The number of rotatable bonds is 9. The van der Waals surface area contributed by atoms with Crippen LogP contribution in [0.1, 0.15) is 33.6 Å². The normalized spacial score (nSPS) is 12.3. The van der Waals surface area contributed by atoms with Crippen LogP contribution in [0.2, 0.25) is 0 Å². The molecule has 0 aromatic rings. The third-order valence-electron chi connectivity index (χ3n) is 1.88. The lowest BCUT2D eigenvalue weighted by molar-refractivity contribution is 0.128. The molecule has 0 heterocycles. The second kappa shape index (κ2) is 8.07. The van der Waals surface area contributed by atoms with E-state index in [1.54, 1.807) is 0 Å². The van der Waals surface area contributed by atoms with Gasteiger partial charge in [-0.15, -0.1) is 0 Å². The fraction of sp³-hybridized carbons (Fsp3) is 1.00. The van der Waals surface area contributed by atoms with Gasteiger partial charge in [0, 0.05) is 13.2 Å². The van der Waals surface area contributed by atoms with E-state index < -0.39 is 10.0 Å². The van der Waals surface area contributed by atoms with Gasteiger partial charge < -0.3 is 4.74 Å². The average molecular weight is 237 g/mol. The highest BCUT2D eigenvalue weighted by atomic mass is 32.2. The predicted molar refractivity (Wildman–Crippen MR) is 62.4 cm³/mol. The fourth-order valence-electron chi connectivity index (χ4n) is 1.03. The van der Waals surface area contributed by atoms with E-state index in [4.69, 9.17) is 4.74 Å². The molecule has 0 aliphatic rings. The van der Waals surface area contributed by atoms with Crippen LogP contribution >= 0.6 is 0 Å². The van der Waals surface area contributed by atoms with Crippen LogP contribution in [0.25, 0.3) is 0 Å². The number of hydrogen-bond donors (Lipinski definition) is 1. The molecule has 0 unspecified atom stereocenters. The summed E-state index contributed by atoms with van der Waals surface area (Å²) in [6.07, 6.45) is 1.66. The summed E-state index contributed by atoms with van der Waals surface area (Å²) in [6.45, 7) is 7.64. The van der Waals surface area contributed by atoms with Crippen molar-refractivity contribution in [3.05, 3.63) is 0 Å². The maximum absolute atomic E-state index is 11.2. The van der Waals surface area contributed by atoms with Crippen molar-refractivity contribution in [3.63, 3.8) is 0 Å². The van der Waals surface area contributed by atoms with Crippen molar-refractivity contribution < 1.29 is 13.2 Å². The molecule has 0 aliphatic carbocycles. The van der Waals surface area contributed by atoms with E-state index in [0.717, 1.165) is 6.42 Å². The second-order valence-electron chi connectivity index (χ2n) is 4.01. The molecule has 0 aromatic heterocycles. The van der Waals surface area contributed by atoms with Gasteiger partial charge in [-0.05, 0) is 18.8 Å². The molecule has 1 N–H and O–H groups in total.